The molecular formula is C16H28N2. The third kappa shape index (κ3) is 3.33. The van der Waals surface area contributed by atoms with Crippen LogP contribution in [0, 0.1) is 0 Å². The van der Waals surface area contributed by atoms with Crippen molar-refractivity contribution < 1.29 is 0 Å². The summed E-state index contributed by atoms with van der Waals surface area (Å²) in [4.78, 5) is 2.54. The molecule has 1 unspecified atom stereocenters. The Balaban J connectivity index is 2.99. The molecule has 2 heteroatoms. The first-order valence-corrected chi connectivity index (χ1v) is 7.10. The third-order valence-corrected chi connectivity index (χ3v) is 3.99. The fourth-order valence-electron chi connectivity index (χ4n) is 2.99. The molecular weight excluding hydrogens is 220 g/mol. The van der Waals surface area contributed by atoms with Gasteiger partial charge in [-0.1, -0.05) is 44.2 Å². The minimum Gasteiger partial charge on any atom is -0.329 e. The maximum atomic E-state index is 6.14. The Labute approximate surface area is 112 Å². The van der Waals surface area contributed by atoms with Crippen molar-refractivity contribution in [2.75, 3.05) is 13.1 Å². The molecule has 0 heterocycles. The van der Waals surface area contributed by atoms with E-state index in [1.165, 1.54) is 5.56 Å². The zero-order valence-electron chi connectivity index (χ0n) is 12.3. The summed E-state index contributed by atoms with van der Waals surface area (Å²) in [5.41, 5.74) is 7.60. The maximum absolute atomic E-state index is 6.14. The van der Waals surface area contributed by atoms with E-state index in [2.05, 4.69) is 62.9 Å². The Morgan fingerprint density at radius 3 is 2.17 bits per heavy atom. The highest BCUT2D eigenvalue weighted by atomic mass is 15.2. The van der Waals surface area contributed by atoms with E-state index in [9.17, 15) is 0 Å². The predicted octanol–water partition coefficient (Wildman–Crippen LogP) is 3.07. The van der Waals surface area contributed by atoms with E-state index < -0.39 is 0 Å². The van der Waals surface area contributed by atoms with Gasteiger partial charge < -0.3 is 5.73 Å². The number of nitrogens with zero attached hydrogens (tertiary/aromatic N) is 1. The van der Waals surface area contributed by atoms with Crippen LogP contribution in [0.3, 0.4) is 0 Å². The van der Waals surface area contributed by atoms with Crippen LogP contribution in [0.25, 0.3) is 0 Å². The van der Waals surface area contributed by atoms with E-state index in [4.69, 9.17) is 5.73 Å². The highest BCUT2D eigenvalue weighted by Crippen LogP contribution is 2.26. The average Bonchev–Trinajstić information content (AvgIpc) is 2.39. The quantitative estimate of drug-likeness (QED) is 0.803. The van der Waals surface area contributed by atoms with Crippen molar-refractivity contribution in [3.8, 4) is 0 Å². The lowest BCUT2D eigenvalue weighted by molar-refractivity contribution is 0.0632. The molecule has 0 amide bonds. The van der Waals surface area contributed by atoms with E-state index in [0.717, 1.165) is 19.4 Å². The van der Waals surface area contributed by atoms with Crippen molar-refractivity contribution in [3.63, 3.8) is 0 Å². The molecule has 0 aliphatic heterocycles. The van der Waals surface area contributed by atoms with Gasteiger partial charge in [-0.2, -0.15) is 0 Å². The molecule has 1 aromatic carbocycles. The van der Waals surface area contributed by atoms with Crippen molar-refractivity contribution >= 4 is 0 Å². The molecule has 0 radical (unpaired) electrons. The molecule has 0 fully saturated rings. The molecule has 0 saturated heterocycles. The summed E-state index contributed by atoms with van der Waals surface area (Å²) in [6, 6.07) is 11.2. The van der Waals surface area contributed by atoms with Crippen molar-refractivity contribution in [1.82, 2.24) is 4.90 Å². The summed E-state index contributed by atoms with van der Waals surface area (Å²) in [6.07, 6.45) is 2.12. The van der Waals surface area contributed by atoms with E-state index in [1.807, 2.05) is 0 Å². The molecule has 0 aliphatic carbocycles. The number of likely N-dealkylation sites (N-methyl/N-ethyl adjacent to an activating group) is 1. The van der Waals surface area contributed by atoms with Gasteiger partial charge in [-0.25, -0.2) is 0 Å². The van der Waals surface area contributed by atoms with Crippen LogP contribution in [0.2, 0.25) is 0 Å². The standard InChI is InChI=1S/C16H28N2/c1-5-16(13-17,18(6-2)14(3)4)12-15-10-8-7-9-11-15/h7-11,14H,5-6,12-13,17H2,1-4H3. The van der Waals surface area contributed by atoms with E-state index in [1.54, 1.807) is 0 Å². The van der Waals surface area contributed by atoms with Crippen LogP contribution in [0.15, 0.2) is 30.3 Å². The molecule has 1 aromatic rings. The smallest absolute Gasteiger partial charge is 0.0371 e. The number of nitrogens with two attached hydrogens (primary N) is 1. The van der Waals surface area contributed by atoms with Gasteiger partial charge in [0.25, 0.3) is 0 Å². The highest BCUT2D eigenvalue weighted by Gasteiger charge is 2.34. The fourth-order valence-corrected chi connectivity index (χ4v) is 2.99. The Morgan fingerprint density at radius 2 is 1.78 bits per heavy atom. The summed E-state index contributed by atoms with van der Waals surface area (Å²) in [5, 5.41) is 0. The monoisotopic (exact) mass is 248 g/mol. The van der Waals surface area contributed by atoms with Gasteiger partial charge in [0, 0.05) is 18.1 Å². The zero-order valence-corrected chi connectivity index (χ0v) is 12.3. The summed E-state index contributed by atoms with van der Waals surface area (Å²) < 4.78 is 0. The van der Waals surface area contributed by atoms with E-state index in [0.29, 0.717) is 12.6 Å². The van der Waals surface area contributed by atoms with Crippen molar-refractivity contribution in [3.05, 3.63) is 35.9 Å². The average molecular weight is 248 g/mol. The maximum Gasteiger partial charge on any atom is 0.0371 e. The van der Waals surface area contributed by atoms with Crippen molar-refractivity contribution in [2.24, 2.45) is 5.73 Å². The summed E-state index contributed by atoms with van der Waals surface area (Å²) in [5.74, 6) is 0. The van der Waals surface area contributed by atoms with Gasteiger partial charge in [0.2, 0.25) is 0 Å². The largest absolute Gasteiger partial charge is 0.329 e. The SMILES string of the molecule is CCN(C(C)C)C(CC)(CN)Cc1ccccc1. The molecule has 0 spiro atoms. The Morgan fingerprint density at radius 1 is 1.17 bits per heavy atom. The van der Waals surface area contributed by atoms with Crippen molar-refractivity contribution in [1.29, 1.82) is 0 Å². The molecule has 1 atom stereocenters. The lowest BCUT2D eigenvalue weighted by atomic mass is 9.85. The lowest BCUT2D eigenvalue weighted by Gasteiger charge is -2.45. The second-order valence-electron chi connectivity index (χ2n) is 5.32. The summed E-state index contributed by atoms with van der Waals surface area (Å²) in [7, 11) is 0. The van der Waals surface area contributed by atoms with Crippen molar-refractivity contribution in [2.45, 2.75) is 52.1 Å². The van der Waals surface area contributed by atoms with Crippen LogP contribution in [-0.2, 0) is 6.42 Å². The molecule has 0 aliphatic rings. The first-order valence-electron chi connectivity index (χ1n) is 7.10. The second-order valence-corrected chi connectivity index (χ2v) is 5.32. The van der Waals surface area contributed by atoms with Gasteiger partial charge >= 0.3 is 0 Å². The molecule has 2 nitrogen and oxygen atoms in total. The van der Waals surface area contributed by atoms with E-state index in [-0.39, 0.29) is 5.54 Å². The Kier molecular flexibility index (Phi) is 5.83. The minimum atomic E-state index is 0.0876. The van der Waals surface area contributed by atoms with Gasteiger partial charge in [0.05, 0.1) is 0 Å². The normalized spacial score (nSPS) is 15.1. The first kappa shape index (κ1) is 15.2. The van der Waals surface area contributed by atoms with Crippen LogP contribution >= 0.6 is 0 Å². The minimum absolute atomic E-state index is 0.0876. The van der Waals surface area contributed by atoms with E-state index >= 15 is 0 Å². The van der Waals surface area contributed by atoms with Gasteiger partial charge in [0.15, 0.2) is 0 Å². The molecule has 18 heavy (non-hydrogen) atoms. The fraction of sp³-hybridized carbons (Fsp3) is 0.625. The highest BCUT2D eigenvalue weighted by molar-refractivity contribution is 5.18. The molecule has 2 N–H and O–H groups in total. The molecule has 0 saturated carbocycles. The first-order chi connectivity index (χ1) is 8.59. The van der Waals surface area contributed by atoms with Gasteiger partial charge in [0.1, 0.15) is 0 Å². The van der Waals surface area contributed by atoms with Crippen LogP contribution in [0.5, 0.6) is 0 Å². The van der Waals surface area contributed by atoms with Gasteiger partial charge in [-0.05, 0) is 38.8 Å². The zero-order chi connectivity index (χ0) is 13.6. The Bertz CT molecular complexity index is 328. The third-order valence-electron chi connectivity index (χ3n) is 3.99. The van der Waals surface area contributed by atoms with Crippen LogP contribution in [0.4, 0.5) is 0 Å². The number of hydrogen-bond donors (Lipinski definition) is 1. The molecule has 0 bridgehead atoms. The van der Waals surface area contributed by atoms with Gasteiger partial charge in [-0.3, -0.25) is 4.90 Å². The predicted molar refractivity (Wildman–Crippen MR) is 79.7 cm³/mol. The number of hydrogen-bond acceptors (Lipinski definition) is 2. The topological polar surface area (TPSA) is 29.3 Å². The summed E-state index contributed by atoms with van der Waals surface area (Å²) >= 11 is 0. The molecule has 0 aromatic heterocycles. The lowest BCUT2D eigenvalue weighted by Crippen LogP contribution is -2.57. The second kappa shape index (κ2) is 6.91. The van der Waals surface area contributed by atoms with Crippen LogP contribution in [0.1, 0.15) is 39.7 Å². The molecule has 1 rings (SSSR count). The van der Waals surface area contributed by atoms with Crippen LogP contribution < -0.4 is 5.73 Å². The molecule has 102 valence electrons. The summed E-state index contributed by atoms with van der Waals surface area (Å²) in [6.45, 7) is 10.8. The van der Waals surface area contributed by atoms with Crippen LogP contribution in [-0.4, -0.2) is 29.6 Å². The number of benzene rings is 1. The van der Waals surface area contributed by atoms with Gasteiger partial charge in [-0.15, -0.1) is 0 Å². The Hall–Kier alpha value is -0.860. The number of rotatable bonds is 7.